The first-order chi connectivity index (χ1) is 7.42. The van der Waals surface area contributed by atoms with E-state index in [-0.39, 0.29) is 11.3 Å². The number of nitrogens with zero attached hydrogens (tertiary/aromatic N) is 1. The molecule has 0 aliphatic carbocycles. The molecule has 1 aromatic rings. The van der Waals surface area contributed by atoms with Gasteiger partial charge in [-0.2, -0.15) is 0 Å². The molecule has 0 radical (unpaired) electrons. The van der Waals surface area contributed by atoms with Crippen molar-refractivity contribution in [1.29, 1.82) is 0 Å². The molecule has 2 rings (SSSR count). The zero-order chi connectivity index (χ0) is 11.9. The highest BCUT2D eigenvalue weighted by Crippen LogP contribution is 2.35. The standard InChI is InChI=1S/C13H16BrNO/c1-13(2)7-6-12(16)10-8-9(14)4-5-11(10)15(13)3/h4-5,8H,6-7H2,1-3H3. The summed E-state index contributed by atoms with van der Waals surface area (Å²) in [4.78, 5) is 14.3. The Morgan fingerprint density at radius 1 is 1.38 bits per heavy atom. The molecule has 0 atom stereocenters. The van der Waals surface area contributed by atoms with Crippen LogP contribution < -0.4 is 4.90 Å². The molecule has 0 N–H and O–H groups in total. The van der Waals surface area contributed by atoms with Gasteiger partial charge in [-0.1, -0.05) is 15.9 Å². The summed E-state index contributed by atoms with van der Waals surface area (Å²) in [5.41, 5.74) is 1.91. The van der Waals surface area contributed by atoms with Crippen LogP contribution in [0.2, 0.25) is 0 Å². The number of carbonyl (C=O) groups is 1. The van der Waals surface area contributed by atoms with Crippen LogP contribution in [0.25, 0.3) is 0 Å². The molecule has 3 heteroatoms. The van der Waals surface area contributed by atoms with Crippen LogP contribution in [0, 0.1) is 0 Å². The normalized spacial score (nSPS) is 19.2. The third-order valence-corrected chi connectivity index (χ3v) is 3.99. The molecule has 0 unspecified atom stereocenters. The molecule has 0 saturated heterocycles. The largest absolute Gasteiger partial charge is 0.369 e. The number of fused-ring (bicyclic) bond motifs is 1. The van der Waals surface area contributed by atoms with Crippen molar-refractivity contribution in [2.24, 2.45) is 0 Å². The monoisotopic (exact) mass is 281 g/mol. The third-order valence-electron chi connectivity index (χ3n) is 3.49. The lowest BCUT2D eigenvalue weighted by atomic mass is 9.97. The highest BCUT2D eigenvalue weighted by Gasteiger charge is 2.31. The van der Waals surface area contributed by atoms with Gasteiger partial charge in [0.1, 0.15) is 0 Å². The average Bonchev–Trinajstić information content (AvgIpc) is 2.31. The number of hydrogen-bond donors (Lipinski definition) is 0. The first-order valence-electron chi connectivity index (χ1n) is 5.48. The maximum absolute atomic E-state index is 12.0. The van der Waals surface area contributed by atoms with E-state index in [9.17, 15) is 4.79 Å². The Morgan fingerprint density at radius 3 is 2.75 bits per heavy atom. The smallest absolute Gasteiger partial charge is 0.165 e. The second-order valence-corrected chi connectivity index (χ2v) is 5.87. The minimum atomic E-state index is 0.0364. The minimum absolute atomic E-state index is 0.0364. The molecule has 16 heavy (non-hydrogen) atoms. The zero-order valence-electron chi connectivity index (χ0n) is 9.88. The van der Waals surface area contributed by atoms with Crippen molar-refractivity contribution in [2.45, 2.75) is 32.2 Å². The first-order valence-corrected chi connectivity index (χ1v) is 6.28. The molecule has 1 aliphatic heterocycles. The Kier molecular flexibility index (Phi) is 2.82. The van der Waals surface area contributed by atoms with Crippen molar-refractivity contribution in [1.82, 2.24) is 0 Å². The molecule has 0 aromatic heterocycles. The molecular weight excluding hydrogens is 266 g/mol. The van der Waals surface area contributed by atoms with Crippen molar-refractivity contribution in [3.05, 3.63) is 28.2 Å². The molecular formula is C13H16BrNO. The van der Waals surface area contributed by atoms with Gasteiger partial charge >= 0.3 is 0 Å². The van der Waals surface area contributed by atoms with Gasteiger partial charge in [0.2, 0.25) is 0 Å². The van der Waals surface area contributed by atoms with Gasteiger partial charge in [-0.25, -0.2) is 0 Å². The van der Waals surface area contributed by atoms with Gasteiger partial charge in [0.15, 0.2) is 5.78 Å². The number of rotatable bonds is 0. The zero-order valence-corrected chi connectivity index (χ0v) is 11.5. The van der Waals surface area contributed by atoms with Crippen molar-refractivity contribution in [2.75, 3.05) is 11.9 Å². The van der Waals surface area contributed by atoms with E-state index in [1.54, 1.807) is 0 Å². The van der Waals surface area contributed by atoms with Gasteiger partial charge in [0.05, 0.1) is 0 Å². The molecule has 86 valence electrons. The fourth-order valence-electron chi connectivity index (χ4n) is 2.07. The fourth-order valence-corrected chi connectivity index (χ4v) is 2.43. The van der Waals surface area contributed by atoms with Gasteiger partial charge in [-0.15, -0.1) is 0 Å². The number of hydrogen-bond acceptors (Lipinski definition) is 2. The van der Waals surface area contributed by atoms with Gasteiger partial charge in [0, 0.05) is 34.7 Å². The van der Waals surface area contributed by atoms with Gasteiger partial charge in [-0.3, -0.25) is 4.79 Å². The molecule has 0 fully saturated rings. The van der Waals surface area contributed by atoms with E-state index in [2.05, 4.69) is 41.7 Å². The molecule has 1 heterocycles. The molecule has 0 spiro atoms. The second kappa shape index (κ2) is 3.88. The number of ketones is 1. The predicted molar refractivity (Wildman–Crippen MR) is 70.2 cm³/mol. The van der Waals surface area contributed by atoms with E-state index in [0.29, 0.717) is 6.42 Å². The minimum Gasteiger partial charge on any atom is -0.369 e. The maximum atomic E-state index is 12.0. The van der Waals surface area contributed by atoms with Crippen LogP contribution in [-0.2, 0) is 0 Å². The van der Waals surface area contributed by atoms with Gasteiger partial charge in [-0.05, 0) is 38.5 Å². The Bertz CT molecular complexity index is 440. The van der Waals surface area contributed by atoms with Crippen LogP contribution in [0.4, 0.5) is 5.69 Å². The Morgan fingerprint density at radius 2 is 2.06 bits per heavy atom. The SMILES string of the molecule is CN1c2ccc(Br)cc2C(=O)CCC1(C)C. The summed E-state index contributed by atoms with van der Waals surface area (Å²) >= 11 is 3.42. The molecule has 0 saturated carbocycles. The molecule has 1 aliphatic rings. The number of carbonyl (C=O) groups excluding carboxylic acids is 1. The van der Waals surface area contributed by atoms with E-state index in [0.717, 1.165) is 22.1 Å². The van der Waals surface area contributed by atoms with Crippen LogP contribution in [0.5, 0.6) is 0 Å². The molecule has 2 nitrogen and oxygen atoms in total. The fraction of sp³-hybridized carbons (Fsp3) is 0.462. The summed E-state index contributed by atoms with van der Waals surface area (Å²) in [6, 6.07) is 5.93. The lowest BCUT2D eigenvalue weighted by Gasteiger charge is -2.36. The van der Waals surface area contributed by atoms with Crippen LogP contribution in [-0.4, -0.2) is 18.4 Å². The summed E-state index contributed by atoms with van der Waals surface area (Å²) in [7, 11) is 2.06. The van der Waals surface area contributed by atoms with Crippen LogP contribution in [0.3, 0.4) is 0 Å². The summed E-state index contributed by atoms with van der Waals surface area (Å²) in [5, 5.41) is 0. The first kappa shape index (κ1) is 11.6. The summed E-state index contributed by atoms with van der Waals surface area (Å²) < 4.78 is 0.965. The van der Waals surface area contributed by atoms with Crippen molar-refractivity contribution in [3.63, 3.8) is 0 Å². The van der Waals surface area contributed by atoms with E-state index in [1.807, 2.05) is 18.2 Å². The predicted octanol–water partition coefficient (Wildman–Crippen LogP) is 3.64. The van der Waals surface area contributed by atoms with E-state index >= 15 is 0 Å². The second-order valence-electron chi connectivity index (χ2n) is 4.96. The van der Waals surface area contributed by atoms with E-state index in [1.165, 1.54) is 0 Å². The van der Waals surface area contributed by atoms with Crippen LogP contribution in [0.1, 0.15) is 37.0 Å². The van der Waals surface area contributed by atoms with Crippen LogP contribution >= 0.6 is 15.9 Å². The van der Waals surface area contributed by atoms with Crippen molar-refractivity contribution >= 4 is 27.4 Å². The van der Waals surface area contributed by atoms with E-state index < -0.39 is 0 Å². The molecule has 0 bridgehead atoms. The quantitative estimate of drug-likeness (QED) is 0.724. The summed E-state index contributed by atoms with van der Waals surface area (Å²) in [5.74, 6) is 0.244. The summed E-state index contributed by atoms with van der Waals surface area (Å²) in [6.45, 7) is 4.36. The van der Waals surface area contributed by atoms with Gasteiger partial charge < -0.3 is 4.90 Å². The lowest BCUT2D eigenvalue weighted by molar-refractivity contribution is 0.0978. The highest BCUT2D eigenvalue weighted by molar-refractivity contribution is 9.10. The Hall–Kier alpha value is -0.830. The molecule has 1 aromatic carbocycles. The van der Waals surface area contributed by atoms with Crippen LogP contribution in [0.15, 0.2) is 22.7 Å². The van der Waals surface area contributed by atoms with E-state index in [4.69, 9.17) is 0 Å². The third kappa shape index (κ3) is 1.88. The average molecular weight is 282 g/mol. The lowest BCUT2D eigenvalue weighted by Crippen LogP contribution is -2.40. The van der Waals surface area contributed by atoms with Crippen molar-refractivity contribution < 1.29 is 4.79 Å². The Balaban J connectivity index is 2.59. The number of Topliss-reactive ketones (excluding diaryl/α,β-unsaturated/α-hetero) is 1. The van der Waals surface area contributed by atoms with Gasteiger partial charge in [0.25, 0.3) is 0 Å². The topological polar surface area (TPSA) is 20.3 Å². The highest BCUT2D eigenvalue weighted by atomic mass is 79.9. The summed E-state index contributed by atoms with van der Waals surface area (Å²) in [6.07, 6.45) is 1.52. The molecule has 0 amide bonds. The number of benzene rings is 1. The number of anilines is 1. The maximum Gasteiger partial charge on any atom is 0.165 e. The Labute approximate surface area is 105 Å². The van der Waals surface area contributed by atoms with Crippen molar-refractivity contribution in [3.8, 4) is 0 Å². The number of halogens is 1.